The third kappa shape index (κ3) is 16.9. The van der Waals surface area contributed by atoms with Crippen molar-refractivity contribution < 1.29 is 9.59 Å². The number of para-hydroxylation sites is 1. The van der Waals surface area contributed by atoms with Crippen LogP contribution in [0.1, 0.15) is 47.0 Å². The van der Waals surface area contributed by atoms with Crippen LogP contribution in [0, 0.1) is 0 Å². The predicted molar refractivity (Wildman–Crippen MR) is 126 cm³/mol. The normalized spacial score (nSPS) is 10.8. The summed E-state index contributed by atoms with van der Waals surface area (Å²) in [5, 5.41) is 7.17. The lowest BCUT2D eigenvalue weighted by Crippen LogP contribution is -2.17. The molecule has 0 heterocycles. The van der Waals surface area contributed by atoms with Crippen LogP contribution in [0.15, 0.2) is 58.9 Å². The van der Waals surface area contributed by atoms with Gasteiger partial charge < -0.3 is 21.6 Å². The average molecular weight is 406 g/mol. The van der Waals surface area contributed by atoms with E-state index in [4.69, 9.17) is 10.5 Å². The highest BCUT2D eigenvalue weighted by Crippen LogP contribution is 2.14. The Morgan fingerprint density at radius 3 is 2.14 bits per heavy atom. The highest BCUT2D eigenvalue weighted by atomic mass is 16.1. The molecule has 0 unspecified atom stereocenters. The van der Waals surface area contributed by atoms with Gasteiger partial charge >= 0.3 is 0 Å². The Balaban J connectivity index is -0.000000856. The Morgan fingerprint density at radius 1 is 1.14 bits per heavy atom. The van der Waals surface area contributed by atoms with Gasteiger partial charge in [0.25, 0.3) is 0 Å². The van der Waals surface area contributed by atoms with Crippen LogP contribution in [0.4, 0.5) is 5.69 Å². The second-order valence-corrected chi connectivity index (χ2v) is 5.45. The fraction of sp³-hybridized carbons (Fsp3) is 0.409. The molecule has 0 saturated heterocycles. The van der Waals surface area contributed by atoms with Gasteiger partial charge in [0.05, 0.1) is 11.4 Å². The summed E-state index contributed by atoms with van der Waals surface area (Å²) in [5.74, 6) is 0. The summed E-state index contributed by atoms with van der Waals surface area (Å²) in [6.45, 7) is 10.8. The SMILES string of the molecule is C=O.CC/C=C(CCNC=O)/C(=N/Nc1ccccc1)C(/C)=C/N.CCC.CN. The molecule has 0 aliphatic rings. The van der Waals surface area contributed by atoms with E-state index in [9.17, 15) is 4.79 Å². The van der Waals surface area contributed by atoms with Gasteiger partial charge in [0.2, 0.25) is 6.41 Å². The molecule has 1 amide bonds. The monoisotopic (exact) mass is 405 g/mol. The molecule has 1 rings (SSSR count). The van der Waals surface area contributed by atoms with E-state index in [1.165, 1.54) is 13.5 Å². The Kier molecular flexibility index (Phi) is 26.6. The smallest absolute Gasteiger partial charge is 0.207 e. The maximum Gasteiger partial charge on any atom is 0.207 e. The van der Waals surface area contributed by atoms with Crippen molar-refractivity contribution in [2.24, 2.45) is 16.6 Å². The molecule has 0 fully saturated rings. The molecule has 0 radical (unpaired) electrons. The maximum absolute atomic E-state index is 10.4. The molecule has 0 saturated carbocycles. The van der Waals surface area contributed by atoms with Crippen LogP contribution in [-0.4, -0.2) is 32.5 Å². The van der Waals surface area contributed by atoms with Crippen molar-refractivity contribution in [2.75, 3.05) is 19.0 Å². The number of nitrogens with two attached hydrogens (primary N) is 2. The van der Waals surface area contributed by atoms with Crippen molar-refractivity contribution in [3.8, 4) is 0 Å². The van der Waals surface area contributed by atoms with Gasteiger partial charge in [-0.25, -0.2) is 0 Å². The van der Waals surface area contributed by atoms with E-state index in [0.717, 1.165) is 29.0 Å². The molecule has 1 aromatic carbocycles. The first-order chi connectivity index (χ1) is 14.1. The summed E-state index contributed by atoms with van der Waals surface area (Å²) < 4.78 is 0. The quantitative estimate of drug-likeness (QED) is 0.216. The van der Waals surface area contributed by atoms with E-state index in [2.05, 4.69) is 48.4 Å². The Labute approximate surface area is 176 Å². The Bertz CT molecular complexity index is 584. The summed E-state index contributed by atoms with van der Waals surface area (Å²) in [6.07, 6.45) is 7.19. The minimum Gasteiger partial charge on any atom is -0.404 e. The number of hydrogen-bond acceptors (Lipinski definition) is 6. The molecule has 0 aliphatic heterocycles. The van der Waals surface area contributed by atoms with Crippen molar-refractivity contribution in [2.45, 2.75) is 47.0 Å². The lowest BCUT2D eigenvalue weighted by Gasteiger charge is -2.12. The summed E-state index contributed by atoms with van der Waals surface area (Å²) in [5.41, 5.74) is 16.9. The van der Waals surface area contributed by atoms with Crippen LogP contribution in [0.2, 0.25) is 0 Å². The van der Waals surface area contributed by atoms with Gasteiger partial charge in [-0.2, -0.15) is 5.10 Å². The molecular formula is C22H39N5O2. The fourth-order valence-corrected chi connectivity index (χ4v) is 1.95. The zero-order chi connectivity index (χ0) is 22.9. The summed E-state index contributed by atoms with van der Waals surface area (Å²) in [6, 6.07) is 9.73. The van der Waals surface area contributed by atoms with E-state index in [1.54, 1.807) is 6.20 Å². The average Bonchev–Trinajstić information content (AvgIpc) is 2.78. The molecule has 29 heavy (non-hydrogen) atoms. The molecule has 1 aromatic rings. The van der Waals surface area contributed by atoms with Gasteiger partial charge in [-0.3, -0.25) is 10.2 Å². The third-order valence-corrected chi connectivity index (χ3v) is 3.07. The number of carbonyl (C=O) groups excluding carboxylic acids is 2. The van der Waals surface area contributed by atoms with E-state index in [0.29, 0.717) is 19.4 Å². The van der Waals surface area contributed by atoms with E-state index < -0.39 is 0 Å². The van der Waals surface area contributed by atoms with Crippen LogP contribution >= 0.6 is 0 Å². The van der Waals surface area contributed by atoms with E-state index in [-0.39, 0.29) is 0 Å². The first kappa shape index (κ1) is 30.8. The molecule has 164 valence electrons. The van der Waals surface area contributed by atoms with Gasteiger partial charge in [0.15, 0.2) is 0 Å². The summed E-state index contributed by atoms with van der Waals surface area (Å²) >= 11 is 0. The molecule has 0 atom stereocenters. The third-order valence-electron chi connectivity index (χ3n) is 3.07. The summed E-state index contributed by atoms with van der Waals surface area (Å²) in [4.78, 5) is 18.4. The second-order valence-electron chi connectivity index (χ2n) is 5.45. The Morgan fingerprint density at radius 2 is 1.69 bits per heavy atom. The standard InChI is InChI=1S/C17H24N4O.C3H8.CH5N.CH2O/c1-3-7-15(10-11-19-13-22)17(14(2)12-18)21-20-16-8-5-4-6-9-16;1-3-2;2*1-2/h4-9,12-13,20H,3,10-11,18H2,1-2H3,(H,19,22);3H2,1-2H3;2H2,1H3;1H2/b14-12+,15-7+,21-17+;;;. The number of carbonyl (C=O) groups is 2. The van der Waals surface area contributed by atoms with Crippen LogP contribution in [0.5, 0.6) is 0 Å². The van der Waals surface area contributed by atoms with Gasteiger partial charge in [-0.15, -0.1) is 0 Å². The van der Waals surface area contributed by atoms with Crippen molar-refractivity contribution >= 4 is 24.6 Å². The number of benzene rings is 1. The highest BCUT2D eigenvalue weighted by molar-refractivity contribution is 6.12. The number of amides is 1. The first-order valence-corrected chi connectivity index (χ1v) is 9.65. The van der Waals surface area contributed by atoms with Gasteiger partial charge in [-0.05, 0) is 56.3 Å². The van der Waals surface area contributed by atoms with Crippen molar-refractivity contribution in [3.05, 3.63) is 53.8 Å². The zero-order valence-corrected chi connectivity index (χ0v) is 18.6. The second kappa shape index (κ2) is 25.1. The molecule has 7 nitrogen and oxygen atoms in total. The molecular weight excluding hydrogens is 366 g/mol. The van der Waals surface area contributed by atoms with Crippen molar-refractivity contribution in [1.29, 1.82) is 0 Å². The van der Waals surface area contributed by atoms with Crippen molar-refractivity contribution in [1.82, 2.24) is 5.32 Å². The molecule has 0 spiro atoms. The minimum absolute atomic E-state index is 0.567. The van der Waals surface area contributed by atoms with Gasteiger partial charge in [0, 0.05) is 6.54 Å². The van der Waals surface area contributed by atoms with Crippen LogP contribution in [0.25, 0.3) is 0 Å². The largest absolute Gasteiger partial charge is 0.404 e. The van der Waals surface area contributed by atoms with Gasteiger partial charge in [0.1, 0.15) is 6.79 Å². The maximum atomic E-state index is 10.4. The lowest BCUT2D eigenvalue weighted by molar-refractivity contribution is -0.109. The lowest BCUT2D eigenvalue weighted by atomic mass is 10.0. The van der Waals surface area contributed by atoms with Gasteiger partial charge in [-0.1, -0.05) is 51.5 Å². The minimum atomic E-state index is 0.567. The number of hydrazone groups is 1. The molecule has 0 aromatic heterocycles. The number of nitrogens with zero attached hydrogens (tertiary/aromatic N) is 1. The number of anilines is 1. The van der Waals surface area contributed by atoms with Crippen molar-refractivity contribution in [3.63, 3.8) is 0 Å². The number of rotatable bonds is 9. The highest BCUT2D eigenvalue weighted by Gasteiger charge is 2.09. The Hall–Kier alpha value is -2.93. The molecule has 7 heteroatoms. The predicted octanol–water partition coefficient (Wildman–Crippen LogP) is 3.60. The van der Waals surface area contributed by atoms with Crippen LogP contribution in [-0.2, 0) is 9.59 Å². The number of hydrogen-bond donors (Lipinski definition) is 4. The zero-order valence-electron chi connectivity index (χ0n) is 18.6. The van der Waals surface area contributed by atoms with Crippen LogP contribution < -0.4 is 22.2 Å². The molecule has 6 N–H and O–H groups in total. The first-order valence-electron chi connectivity index (χ1n) is 9.65. The van der Waals surface area contributed by atoms with E-state index >= 15 is 0 Å². The summed E-state index contributed by atoms with van der Waals surface area (Å²) in [7, 11) is 1.50. The fourth-order valence-electron chi connectivity index (χ4n) is 1.95. The molecule has 0 bridgehead atoms. The number of nitrogens with one attached hydrogen (secondary N) is 2. The van der Waals surface area contributed by atoms with Crippen LogP contribution in [0.3, 0.4) is 0 Å². The molecule has 0 aliphatic carbocycles. The van der Waals surface area contributed by atoms with E-state index in [1.807, 2.05) is 44.0 Å². The number of allylic oxidation sites excluding steroid dienone is 2. The topological polar surface area (TPSA) is 123 Å².